The van der Waals surface area contributed by atoms with Crippen LogP contribution in [-0.4, -0.2) is 31.1 Å². The van der Waals surface area contributed by atoms with E-state index in [4.69, 9.17) is 9.47 Å². The van der Waals surface area contributed by atoms with Crippen LogP contribution < -0.4 is 20.1 Å². The number of anilines is 1. The van der Waals surface area contributed by atoms with Gasteiger partial charge in [0.1, 0.15) is 6.61 Å². The lowest BCUT2D eigenvalue weighted by Crippen LogP contribution is -2.40. The normalized spacial score (nSPS) is 15.2. The zero-order valence-electron chi connectivity index (χ0n) is 14.7. The molecule has 0 saturated heterocycles. The average Bonchev–Trinajstić information content (AvgIpc) is 2.68. The van der Waals surface area contributed by atoms with Gasteiger partial charge in [-0.05, 0) is 42.8 Å². The summed E-state index contributed by atoms with van der Waals surface area (Å²) >= 11 is 0. The molecule has 0 aromatic heterocycles. The smallest absolute Gasteiger partial charge is 0.269 e. The van der Waals surface area contributed by atoms with Gasteiger partial charge < -0.3 is 20.1 Å². The molecule has 26 heavy (non-hydrogen) atoms. The number of carbonyl (C=O) groups excluding carboxylic acids is 2. The van der Waals surface area contributed by atoms with Gasteiger partial charge in [-0.15, -0.1) is 0 Å². The van der Waals surface area contributed by atoms with Gasteiger partial charge in [0.15, 0.2) is 11.5 Å². The summed E-state index contributed by atoms with van der Waals surface area (Å²) in [5, 5.41) is 5.64. The fraction of sp³-hybridized carbons (Fsp3) is 0.300. The lowest BCUT2D eigenvalue weighted by atomic mass is 10.2. The molecule has 1 heterocycles. The minimum Gasteiger partial charge on any atom is -0.485 e. The van der Waals surface area contributed by atoms with Crippen molar-refractivity contribution < 1.29 is 19.1 Å². The zero-order chi connectivity index (χ0) is 18.4. The van der Waals surface area contributed by atoms with Gasteiger partial charge in [-0.1, -0.05) is 25.5 Å². The molecule has 2 aromatic rings. The fourth-order valence-corrected chi connectivity index (χ4v) is 2.56. The number of para-hydroxylation sites is 2. The predicted octanol–water partition coefficient (Wildman–Crippen LogP) is 3.00. The molecule has 1 unspecified atom stereocenters. The van der Waals surface area contributed by atoms with Crippen LogP contribution in [0.3, 0.4) is 0 Å². The Balaban J connectivity index is 1.56. The van der Waals surface area contributed by atoms with Crippen LogP contribution in [0.1, 0.15) is 30.1 Å². The van der Waals surface area contributed by atoms with E-state index in [1.165, 1.54) is 0 Å². The first-order valence-corrected chi connectivity index (χ1v) is 8.75. The standard InChI is InChI=1S/C20H22N2O4/c1-2-3-12-21-19(23)14-8-10-15(11-9-14)22-20(24)18-13-25-16-6-4-5-7-17(16)26-18/h4-11,18H,2-3,12-13H2,1H3,(H,21,23)(H,22,24). The Morgan fingerprint density at radius 3 is 2.54 bits per heavy atom. The topological polar surface area (TPSA) is 76.7 Å². The van der Waals surface area contributed by atoms with Crippen molar-refractivity contribution >= 4 is 17.5 Å². The van der Waals surface area contributed by atoms with Crippen molar-refractivity contribution in [3.63, 3.8) is 0 Å². The minimum absolute atomic E-state index is 0.114. The molecule has 6 nitrogen and oxygen atoms in total. The SMILES string of the molecule is CCCCNC(=O)c1ccc(NC(=O)C2COc3ccccc3O2)cc1. The highest BCUT2D eigenvalue weighted by atomic mass is 16.6. The largest absolute Gasteiger partial charge is 0.485 e. The van der Waals surface area contributed by atoms with E-state index >= 15 is 0 Å². The van der Waals surface area contributed by atoms with Crippen molar-refractivity contribution in [2.24, 2.45) is 0 Å². The van der Waals surface area contributed by atoms with Gasteiger partial charge in [-0.25, -0.2) is 0 Å². The number of fused-ring (bicyclic) bond motifs is 1. The highest BCUT2D eigenvalue weighted by Gasteiger charge is 2.27. The molecule has 0 bridgehead atoms. The van der Waals surface area contributed by atoms with Gasteiger partial charge in [0.05, 0.1) is 0 Å². The van der Waals surface area contributed by atoms with E-state index in [0.29, 0.717) is 29.3 Å². The molecular formula is C20H22N2O4. The number of carbonyl (C=O) groups is 2. The number of amides is 2. The molecule has 0 saturated carbocycles. The average molecular weight is 354 g/mol. The fourth-order valence-electron chi connectivity index (χ4n) is 2.56. The summed E-state index contributed by atoms with van der Waals surface area (Å²) in [5.41, 5.74) is 1.16. The lowest BCUT2D eigenvalue weighted by Gasteiger charge is -2.25. The Labute approximate surface area is 152 Å². The summed E-state index contributed by atoms with van der Waals surface area (Å²) in [6.07, 6.45) is 1.26. The van der Waals surface area contributed by atoms with Crippen LogP contribution in [0, 0.1) is 0 Å². The molecule has 3 rings (SSSR count). The third-order valence-corrected chi connectivity index (χ3v) is 4.03. The van der Waals surface area contributed by atoms with Crippen LogP contribution in [0.5, 0.6) is 11.5 Å². The maximum atomic E-state index is 12.4. The zero-order valence-corrected chi connectivity index (χ0v) is 14.7. The Morgan fingerprint density at radius 1 is 1.08 bits per heavy atom. The third kappa shape index (κ3) is 4.33. The van der Waals surface area contributed by atoms with Crippen molar-refractivity contribution in [2.75, 3.05) is 18.5 Å². The van der Waals surface area contributed by atoms with E-state index in [2.05, 4.69) is 17.6 Å². The molecule has 1 aliphatic heterocycles. The van der Waals surface area contributed by atoms with Crippen LogP contribution in [0.15, 0.2) is 48.5 Å². The second-order valence-corrected chi connectivity index (χ2v) is 6.04. The van der Waals surface area contributed by atoms with E-state index in [-0.39, 0.29) is 18.4 Å². The first-order valence-electron chi connectivity index (χ1n) is 8.75. The van der Waals surface area contributed by atoms with Gasteiger partial charge in [0.25, 0.3) is 11.8 Å². The van der Waals surface area contributed by atoms with E-state index in [0.717, 1.165) is 12.8 Å². The Hall–Kier alpha value is -3.02. The number of hydrogen-bond acceptors (Lipinski definition) is 4. The van der Waals surface area contributed by atoms with Crippen LogP contribution in [0.2, 0.25) is 0 Å². The van der Waals surface area contributed by atoms with E-state index in [9.17, 15) is 9.59 Å². The first-order chi connectivity index (χ1) is 12.7. The molecule has 136 valence electrons. The first kappa shape index (κ1) is 17.8. The monoisotopic (exact) mass is 354 g/mol. The van der Waals surface area contributed by atoms with Crippen LogP contribution in [-0.2, 0) is 4.79 Å². The minimum atomic E-state index is -0.720. The van der Waals surface area contributed by atoms with Gasteiger partial charge in [-0.2, -0.15) is 0 Å². The number of nitrogens with one attached hydrogen (secondary N) is 2. The molecule has 2 amide bonds. The van der Waals surface area contributed by atoms with Crippen molar-refractivity contribution in [3.8, 4) is 11.5 Å². The summed E-state index contributed by atoms with van der Waals surface area (Å²) in [5.74, 6) is 0.782. The molecule has 2 N–H and O–H groups in total. The number of rotatable bonds is 6. The van der Waals surface area contributed by atoms with Gasteiger partial charge in [-0.3, -0.25) is 9.59 Å². The second kappa shape index (κ2) is 8.38. The second-order valence-electron chi connectivity index (χ2n) is 6.04. The third-order valence-electron chi connectivity index (χ3n) is 4.03. The Kier molecular flexibility index (Phi) is 5.73. The van der Waals surface area contributed by atoms with Crippen LogP contribution in [0.25, 0.3) is 0 Å². The maximum Gasteiger partial charge on any atom is 0.269 e. The number of hydrogen-bond donors (Lipinski definition) is 2. The Bertz CT molecular complexity index is 774. The molecule has 1 aliphatic rings. The molecular weight excluding hydrogens is 332 g/mol. The molecule has 2 aromatic carbocycles. The summed E-state index contributed by atoms with van der Waals surface area (Å²) in [7, 11) is 0. The number of ether oxygens (including phenoxy) is 2. The molecule has 0 fully saturated rings. The molecule has 6 heteroatoms. The molecule has 0 aliphatic carbocycles. The molecule has 1 atom stereocenters. The van der Waals surface area contributed by atoms with Crippen LogP contribution in [0.4, 0.5) is 5.69 Å². The van der Waals surface area contributed by atoms with Crippen molar-refractivity contribution in [3.05, 3.63) is 54.1 Å². The molecule has 0 radical (unpaired) electrons. The van der Waals surface area contributed by atoms with E-state index in [1.807, 2.05) is 12.1 Å². The summed E-state index contributed by atoms with van der Waals surface area (Å²) in [6.45, 7) is 2.89. The number of unbranched alkanes of at least 4 members (excludes halogenated alkanes) is 1. The summed E-state index contributed by atoms with van der Waals surface area (Å²) in [4.78, 5) is 24.4. The molecule has 0 spiro atoms. The quantitative estimate of drug-likeness (QED) is 0.782. The van der Waals surface area contributed by atoms with Gasteiger partial charge in [0.2, 0.25) is 6.10 Å². The lowest BCUT2D eigenvalue weighted by molar-refractivity contribution is -0.125. The highest BCUT2D eigenvalue weighted by molar-refractivity contribution is 5.97. The van der Waals surface area contributed by atoms with E-state index < -0.39 is 6.10 Å². The Morgan fingerprint density at radius 2 is 1.81 bits per heavy atom. The van der Waals surface area contributed by atoms with Crippen molar-refractivity contribution in [2.45, 2.75) is 25.9 Å². The van der Waals surface area contributed by atoms with Crippen molar-refractivity contribution in [1.29, 1.82) is 0 Å². The summed E-state index contributed by atoms with van der Waals surface area (Å²) < 4.78 is 11.2. The van der Waals surface area contributed by atoms with Gasteiger partial charge in [0, 0.05) is 17.8 Å². The van der Waals surface area contributed by atoms with Crippen molar-refractivity contribution in [1.82, 2.24) is 5.32 Å². The van der Waals surface area contributed by atoms with Crippen LogP contribution >= 0.6 is 0 Å². The highest BCUT2D eigenvalue weighted by Crippen LogP contribution is 2.31. The van der Waals surface area contributed by atoms with E-state index in [1.54, 1.807) is 36.4 Å². The maximum absolute atomic E-state index is 12.4. The number of benzene rings is 2. The van der Waals surface area contributed by atoms with Gasteiger partial charge >= 0.3 is 0 Å². The predicted molar refractivity (Wildman–Crippen MR) is 98.7 cm³/mol. The summed E-state index contributed by atoms with van der Waals surface area (Å²) in [6, 6.07) is 14.0.